The lowest BCUT2D eigenvalue weighted by Crippen LogP contribution is -2.26. The largest absolute Gasteiger partial charge is 0.495 e. The summed E-state index contributed by atoms with van der Waals surface area (Å²) in [5.41, 5.74) is 7.36. The molecule has 2 aromatic carbocycles. The molecule has 0 aliphatic carbocycles. The summed E-state index contributed by atoms with van der Waals surface area (Å²) in [6, 6.07) is 7.23. The van der Waals surface area contributed by atoms with Crippen molar-refractivity contribution in [1.82, 2.24) is 20.1 Å². The van der Waals surface area contributed by atoms with E-state index in [1.165, 1.54) is 11.6 Å². The lowest BCUT2D eigenvalue weighted by molar-refractivity contribution is 0.0995. The lowest BCUT2D eigenvalue weighted by Gasteiger charge is -2.26. The zero-order valence-electron chi connectivity index (χ0n) is 17.4. The number of fused-ring (bicyclic) bond motifs is 1. The van der Waals surface area contributed by atoms with Crippen LogP contribution in [0.4, 0.5) is 31.9 Å². The number of rotatable bonds is 6. The topological polar surface area (TPSA) is 118 Å². The second-order valence-corrected chi connectivity index (χ2v) is 7.35. The molecule has 0 saturated heterocycles. The fourth-order valence-electron chi connectivity index (χ4n) is 3.48. The maximum atomic E-state index is 14.1. The molecule has 0 bridgehead atoms. The predicted molar refractivity (Wildman–Crippen MR) is 114 cm³/mol. The lowest BCUT2D eigenvalue weighted by atomic mass is 9.99. The van der Waals surface area contributed by atoms with E-state index in [4.69, 9.17) is 10.5 Å². The number of primary amides is 1. The van der Waals surface area contributed by atoms with Gasteiger partial charge in [0.25, 0.3) is 5.91 Å². The molecule has 0 atom stereocenters. The van der Waals surface area contributed by atoms with Gasteiger partial charge in [-0.05, 0) is 48.9 Å². The molecule has 0 radical (unpaired) electrons. The molecule has 0 fully saturated rings. The number of amides is 1. The van der Waals surface area contributed by atoms with E-state index >= 15 is 0 Å². The molecular weight excluding hydrogens is 420 g/mol. The van der Waals surface area contributed by atoms with Crippen molar-refractivity contribution in [2.24, 2.45) is 5.73 Å². The maximum Gasteiger partial charge on any atom is 0.273 e. The Bertz CT molecular complexity index is 1170. The molecule has 4 N–H and O–H groups in total. The molecule has 0 saturated carbocycles. The monoisotopic (exact) mass is 441 g/mol. The molecule has 9 nitrogen and oxygen atoms in total. The van der Waals surface area contributed by atoms with E-state index in [2.05, 4.69) is 30.7 Å². The highest BCUT2D eigenvalue weighted by Gasteiger charge is 2.20. The first-order valence-electron chi connectivity index (χ1n) is 9.76. The molecule has 1 amide bonds. The van der Waals surface area contributed by atoms with Gasteiger partial charge >= 0.3 is 0 Å². The Balaban J connectivity index is 1.70. The molecule has 1 aliphatic rings. The van der Waals surface area contributed by atoms with Crippen LogP contribution in [0.15, 0.2) is 30.3 Å². The van der Waals surface area contributed by atoms with Crippen LogP contribution in [0.1, 0.15) is 21.6 Å². The van der Waals surface area contributed by atoms with Gasteiger partial charge in [0.05, 0.1) is 12.8 Å². The first-order chi connectivity index (χ1) is 15.4. The number of carbonyl (C=O) groups excluding carboxylic acids is 1. The van der Waals surface area contributed by atoms with E-state index in [1.54, 1.807) is 7.11 Å². The number of anilines is 4. The highest BCUT2D eigenvalue weighted by Crippen LogP contribution is 2.33. The number of benzene rings is 2. The predicted octanol–water partition coefficient (Wildman–Crippen LogP) is 2.73. The number of carbonyl (C=O) groups is 1. The van der Waals surface area contributed by atoms with Gasteiger partial charge < -0.3 is 26.0 Å². The van der Waals surface area contributed by atoms with Crippen molar-refractivity contribution < 1.29 is 18.3 Å². The number of hydrogen-bond donors (Lipinski definition) is 3. The molecule has 166 valence electrons. The maximum absolute atomic E-state index is 14.1. The SMILES string of the molecule is COc1cc2c(cc1Nc1nnc(C(N)=O)c(Nc3c(F)cccc3F)n1)CN(C)CC2. The van der Waals surface area contributed by atoms with E-state index in [9.17, 15) is 13.6 Å². The number of hydrogen-bond acceptors (Lipinski definition) is 8. The van der Waals surface area contributed by atoms with Crippen molar-refractivity contribution in [3.63, 3.8) is 0 Å². The van der Waals surface area contributed by atoms with E-state index in [-0.39, 0.29) is 17.5 Å². The van der Waals surface area contributed by atoms with Gasteiger partial charge in [0, 0.05) is 13.1 Å². The number of nitrogens with two attached hydrogens (primary N) is 1. The summed E-state index contributed by atoms with van der Waals surface area (Å²) >= 11 is 0. The van der Waals surface area contributed by atoms with Gasteiger partial charge in [-0.25, -0.2) is 8.78 Å². The van der Waals surface area contributed by atoms with Crippen molar-refractivity contribution in [1.29, 1.82) is 0 Å². The van der Waals surface area contributed by atoms with Gasteiger partial charge in [-0.1, -0.05) is 6.07 Å². The second kappa shape index (κ2) is 8.71. The molecule has 32 heavy (non-hydrogen) atoms. The Labute approximate surface area is 182 Å². The molecular formula is C21H21F2N7O2. The standard InChI is InChI=1S/C21H21F2N7O2/c1-30-7-6-11-9-16(32-2)15(8-12(11)10-30)25-21-27-20(18(19(24)31)28-29-21)26-17-13(22)4-3-5-14(17)23/h3-5,8-9H,6-7,10H2,1-2H3,(H2,24,31)(H2,25,26,27,29). The third-order valence-electron chi connectivity index (χ3n) is 5.10. The highest BCUT2D eigenvalue weighted by molar-refractivity contribution is 5.96. The fourth-order valence-corrected chi connectivity index (χ4v) is 3.48. The molecule has 0 unspecified atom stereocenters. The quantitative estimate of drug-likeness (QED) is 0.534. The zero-order valence-corrected chi connectivity index (χ0v) is 17.4. The Morgan fingerprint density at radius 3 is 2.59 bits per heavy atom. The molecule has 4 rings (SSSR count). The average Bonchev–Trinajstić information content (AvgIpc) is 2.76. The van der Waals surface area contributed by atoms with Crippen molar-refractivity contribution in [2.45, 2.75) is 13.0 Å². The molecule has 0 spiro atoms. The summed E-state index contributed by atoms with van der Waals surface area (Å²) in [7, 11) is 3.58. The number of nitrogens with zero attached hydrogens (tertiary/aromatic N) is 4. The Kier molecular flexibility index (Phi) is 5.82. The minimum absolute atomic E-state index is 0.0170. The number of methoxy groups -OCH3 is 1. The number of aromatic nitrogens is 3. The van der Waals surface area contributed by atoms with Crippen molar-refractivity contribution >= 4 is 29.0 Å². The average molecular weight is 441 g/mol. The van der Waals surface area contributed by atoms with E-state index in [1.807, 2.05) is 19.2 Å². The van der Waals surface area contributed by atoms with Gasteiger partial charge in [-0.2, -0.15) is 4.98 Å². The van der Waals surface area contributed by atoms with E-state index < -0.39 is 23.2 Å². The normalized spacial score (nSPS) is 13.4. The van der Waals surface area contributed by atoms with Gasteiger partial charge in [-0.15, -0.1) is 10.2 Å². The highest BCUT2D eigenvalue weighted by atomic mass is 19.1. The molecule has 1 aliphatic heterocycles. The van der Waals surface area contributed by atoms with Gasteiger partial charge in [-0.3, -0.25) is 4.79 Å². The van der Waals surface area contributed by atoms with Crippen LogP contribution in [0, 0.1) is 11.6 Å². The Morgan fingerprint density at radius 1 is 1.16 bits per heavy atom. The molecule has 1 aromatic heterocycles. The summed E-state index contributed by atoms with van der Waals surface area (Å²) in [5.74, 6) is -2.37. The summed E-state index contributed by atoms with van der Waals surface area (Å²) in [6.45, 7) is 1.72. The minimum atomic E-state index is -0.954. The van der Waals surface area contributed by atoms with Crippen molar-refractivity contribution in [3.8, 4) is 5.75 Å². The smallest absolute Gasteiger partial charge is 0.273 e. The number of halogens is 2. The molecule has 2 heterocycles. The van der Waals surface area contributed by atoms with Crippen LogP contribution in [0.5, 0.6) is 5.75 Å². The van der Waals surface area contributed by atoms with Crippen molar-refractivity contribution in [3.05, 3.63) is 58.8 Å². The van der Waals surface area contributed by atoms with Crippen LogP contribution >= 0.6 is 0 Å². The second-order valence-electron chi connectivity index (χ2n) is 7.35. The van der Waals surface area contributed by atoms with E-state index in [0.717, 1.165) is 37.2 Å². The Morgan fingerprint density at radius 2 is 1.91 bits per heavy atom. The number of para-hydroxylation sites is 1. The fraction of sp³-hybridized carbons (Fsp3) is 0.238. The number of ether oxygens (including phenoxy) is 1. The summed E-state index contributed by atoms with van der Waals surface area (Å²) in [4.78, 5) is 18.1. The van der Waals surface area contributed by atoms with Crippen LogP contribution in [0.3, 0.4) is 0 Å². The Hall–Kier alpha value is -3.86. The summed E-state index contributed by atoms with van der Waals surface area (Å²) in [6.07, 6.45) is 0.899. The summed E-state index contributed by atoms with van der Waals surface area (Å²) in [5, 5.41) is 13.1. The third-order valence-corrected chi connectivity index (χ3v) is 5.10. The van der Waals surface area contributed by atoms with Crippen LogP contribution < -0.4 is 21.1 Å². The first kappa shape index (κ1) is 21.4. The van der Waals surface area contributed by atoms with Crippen LogP contribution in [0.2, 0.25) is 0 Å². The van der Waals surface area contributed by atoms with Gasteiger partial charge in [0.1, 0.15) is 23.1 Å². The number of nitrogens with one attached hydrogen (secondary N) is 2. The summed E-state index contributed by atoms with van der Waals surface area (Å²) < 4.78 is 33.7. The molecule has 3 aromatic rings. The van der Waals surface area contributed by atoms with Crippen LogP contribution in [-0.2, 0) is 13.0 Å². The molecule has 11 heteroatoms. The minimum Gasteiger partial charge on any atom is -0.495 e. The van der Waals surface area contributed by atoms with Crippen molar-refractivity contribution in [2.75, 3.05) is 31.3 Å². The third kappa shape index (κ3) is 4.28. The zero-order chi connectivity index (χ0) is 22.8. The van der Waals surface area contributed by atoms with Gasteiger partial charge in [0.2, 0.25) is 5.95 Å². The number of likely N-dealkylation sites (N-methyl/N-ethyl adjacent to an activating group) is 1. The van der Waals surface area contributed by atoms with Gasteiger partial charge in [0.15, 0.2) is 11.5 Å². The van der Waals surface area contributed by atoms with Crippen LogP contribution in [0.25, 0.3) is 0 Å². The van der Waals surface area contributed by atoms with Crippen LogP contribution in [-0.4, -0.2) is 46.7 Å². The van der Waals surface area contributed by atoms with E-state index in [0.29, 0.717) is 11.4 Å². The first-order valence-corrected chi connectivity index (χ1v) is 9.76.